The molecule has 1 fully saturated rings. The Morgan fingerprint density at radius 2 is 2.00 bits per heavy atom. The number of nitrogens with one attached hydrogen (secondary N) is 2. The first-order valence-corrected chi connectivity index (χ1v) is 7.13. The summed E-state index contributed by atoms with van der Waals surface area (Å²) in [5.41, 5.74) is 0.385. The minimum atomic E-state index is 0.385. The van der Waals surface area contributed by atoms with E-state index in [1.54, 1.807) is 0 Å². The van der Waals surface area contributed by atoms with E-state index < -0.39 is 0 Å². The standard InChI is InChI=1S/C14H27N3/c1-11-9-15-13(17-11)16-10-14(2,3)12-7-5-4-6-8-12/h11-12H,4-10H2,1-3H3,(H2,15,16,17). The first kappa shape index (κ1) is 12.7. The summed E-state index contributed by atoms with van der Waals surface area (Å²) in [4.78, 5) is 4.46. The van der Waals surface area contributed by atoms with Crippen LogP contribution < -0.4 is 10.6 Å². The van der Waals surface area contributed by atoms with E-state index in [0.29, 0.717) is 11.5 Å². The molecular weight excluding hydrogens is 210 g/mol. The molecule has 98 valence electrons. The van der Waals surface area contributed by atoms with Crippen molar-refractivity contribution in [2.75, 3.05) is 13.1 Å². The minimum absolute atomic E-state index is 0.385. The lowest BCUT2D eigenvalue weighted by Gasteiger charge is -2.37. The van der Waals surface area contributed by atoms with Crippen LogP contribution in [0.2, 0.25) is 0 Å². The van der Waals surface area contributed by atoms with Crippen LogP contribution in [0.1, 0.15) is 52.9 Å². The van der Waals surface area contributed by atoms with Gasteiger partial charge < -0.3 is 10.6 Å². The minimum Gasteiger partial charge on any atom is -0.356 e. The third-order valence-corrected chi connectivity index (χ3v) is 4.33. The highest BCUT2D eigenvalue weighted by molar-refractivity contribution is 5.81. The summed E-state index contributed by atoms with van der Waals surface area (Å²) in [6, 6.07) is 0.496. The Labute approximate surface area is 105 Å². The molecule has 2 N–H and O–H groups in total. The van der Waals surface area contributed by atoms with E-state index in [1.165, 1.54) is 32.1 Å². The molecule has 0 aromatic rings. The third-order valence-electron chi connectivity index (χ3n) is 4.33. The van der Waals surface area contributed by atoms with Gasteiger partial charge in [-0.15, -0.1) is 0 Å². The highest BCUT2D eigenvalue weighted by atomic mass is 15.2. The molecule has 1 saturated carbocycles. The molecule has 1 atom stereocenters. The topological polar surface area (TPSA) is 36.4 Å². The van der Waals surface area contributed by atoms with Crippen LogP contribution in [0, 0.1) is 11.3 Å². The van der Waals surface area contributed by atoms with Crippen molar-refractivity contribution in [1.82, 2.24) is 10.6 Å². The van der Waals surface area contributed by atoms with Crippen LogP contribution in [0.3, 0.4) is 0 Å². The Morgan fingerprint density at radius 3 is 2.59 bits per heavy atom. The number of aliphatic imine (C=N–C) groups is 1. The molecule has 2 aliphatic rings. The summed E-state index contributed by atoms with van der Waals surface area (Å²) in [6.45, 7) is 8.91. The van der Waals surface area contributed by atoms with Gasteiger partial charge in [0, 0.05) is 12.6 Å². The molecule has 0 bridgehead atoms. The van der Waals surface area contributed by atoms with Crippen LogP contribution in [-0.4, -0.2) is 25.1 Å². The van der Waals surface area contributed by atoms with Crippen LogP contribution >= 0.6 is 0 Å². The SMILES string of the molecule is CC1CN=C(NCC(C)(C)C2CCCCC2)N1. The molecule has 0 amide bonds. The second kappa shape index (κ2) is 5.28. The van der Waals surface area contributed by atoms with Gasteiger partial charge in [0.05, 0.1) is 6.54 Å². The van der Waals surface area contributed by atoms with E-state index in [4.69, 9.17) is 0 Å². The van der Waals surface area contributed by atoms with Crippen molar-refractivity contribution in [1.29, 1.82) is 0 Å². The van der Waals surface area contributed by atoms with Crippen molar-refractivity contribution >= 4 is 5.96 Å². The van der Waals surface area contributed by atoms with Gasteiger partial charge in [0.1, 0.15) is 0 Å². The van der Waals surface area contributed by atoms with E-state index in [0.717, 1.165) is 25.0 Å². The molecule has 1 aliphatic heterocycles. The molecule has 0 radical (unpaired) electrons. The van der Waals surface area contributed by atoms with E-state index in [2.05, 4.69) is 36.4 Å². The van der Waals surface area contributed by atoms with Crippen molar-refractivity contribution in [3.63, 3.8) is 0 Å². The Balaban J connectivity index is 1.80. The monoisotopic (exact) mass is 237 g/mol. The first-order valence-electron chi connectivity index (χ1n) is 7.13. The van der Waals surface area contributed by atoms with Crippen LogP contribution in [0.4, 0.5) is 0 Å². The van der Waals surface area contributed by atoms with Crippen molar-refractivity contribution in [3.05, 3.63) is 0 Å². The van der Waals surface area contributed by atoms with Crippen molar-refractivity contribution in [2.45, 2.75) is 58.9 Å². The molecule has 3 heteroatoms. The number of hydrogen-bond acceptors (Lipinski definition) is 3. The van der Waals surface area contributed by atoms with Gasteiger partial charge in [-0.25, -0.2) is 0 Å². The maximum atomic E-state index is 4.46. The normalized spacial score (nSPS) is 26.5. The molecule has 2 rings (SSSR count). The second-order valence-electron chi connectivity index (χ2n) is 6.41. The zero-order valence-electron chi connectivity index (χ0n) is 11.6. The molecule has 1 aliphatic carbocycles. The summed E-state index contributed by atoms with van der Waals surface area (Å²) in [6.07, 6.45) is 7.09. The quantitative estimate of drug-likeness (QED) is 0.791. The summed E-state index contributed by atoms with van der Waals surface area (Å²) in [5.74, 6) is 1.88. The predicted octanol–water partition coefficient (Wildman–Crippen LogP) is 2.53. The average molecular weight is 237 g/mol. The van der Waals surface area contributed by atoms with Gasteiger partial charge in [0.15, 0.2) is 5.96 Å². The zero-order chi connectivity index (χ0) is 12.3. The lowest BCUT2D eigenvalue weighted by atomic mass is 9.71. The van der Waals surface area contributed by atoms with Gasteiger partial charge in [-0.3, -0.25) is 4.99 Å². The fraction of sp³-hybridized carbons (Fsp3) is 0.929. The number of guanidine groups is 1. The smallest absolute Gasteiger partial charge is 0.191 e. The van der Waals surface area contributed by atoms with E-state index in [9.17, 15) is 0 Å². The number of hydrogen-bond donors (Lipinski definition) is 2. The fourth-order valence-electron chi connectivity index (χ4n) is 3.00. The molecular formula is C14H27N3. The van der Waals surface area contributed by atoms with Crippen LogP contribution in [0.25, 0.3) is 0 Å². The molecule has 0 aromatic carbocycles. The van der Waals surface area contributed by atoms with Crippen LogP contribution in [-0.2, 0) is 0 Å². The Morgan fingerprint density at radius 1 is 1.29 bits per heavy atom. The van der Waals surface area contributed by atoms with Crippen molar-refractivity contribution in [2.24, 2.45) is 16.3 Å². The number of nitrogens with zero attached hydrogens (tertiary/aromatic N) is 1. The fourth-order valence-corrected chi connectivity index (χ4v) is 3.00. The van der Waals surface area contributed by atoms with E-state index in [-0.39, 0.29) is 0 Å². The Bertz CT molecular complexity index is 277. The maximum absolute atomic E-state index is 4.46. The highest BCUT2D eigenvalue weighted by Crippen LogP contribution is 2.37. The summed E-state index contributed by atoms with van der Waals surface area (Å²) >= 11 is 0. The van der Waals surface area contributed by atoms with E-state index >= 15 is 0 Å². The lowest BCUT2D eigenvalue weighted by molar-refractivity contribution is 0.160. The van der Waals surface area contributed by atoms with Gasteiger partial charge in [0.25, 0.3) is 0 Å². The van der Waals surface area contributed by atoms with Gasteiger partial charge in [-0.1, -0.05) is 33.1 Å². The zero-order valence-corrected chi connectivity index (χ0v) is 11.6. The van der Waals surface area contributed by atoms with Gasteiger partial charge in [-0.05, 0) is 31.1 Å². The van der Waals surface area contributed by atoms with Crippen molar-refractivity contribution < 1.29 is 0 Å². The Hall–Kier alpha value is -0.730. The van der Waals surface area contributed by atoms with Crippen LogP contribution in [0.5, 0.6) is 0 Å². The molecule has 1 unspecified atom stereocenters. The van der Waals surface area contributed by atoms with Crippen LogP contribution in [0.15, 0.2) is 4.99 Å². The third kappa shape index (κ3) is 3.36. The van der Waals surface area contributed by atoms with Gasteiger partial charge >= 0.3 is 0 Å². The second-order valence-corrected chi connectivity index (χ2v) is 6.41. The molecule has 3 nitrogen and oxygen atoms in total. The van der Waals surface area contributed by atoms with E-state index in [1.807, 2.05) is 0 Å². The molecule has 1 heterocycles. The lowest BCUT2D eigenvalue weighted by Crippen LogP contribution is -2.44. The number of rotatable bonds is 3. The highest BCUT2D eigenvalue weighted by Gasteiger charge is 2.30. The summed E-state index contributed by atoms with van der Waals surface area (Å²) < 4.78 is 0. The first-order chi connectivity index (χ1) is 8.08. The van der Waals surface area contributed by atoms with Crippen molar-refractivity contribution in [3.8, 4) is 0 Å². The molecule has 0 saturated heterocycles. The predicted molar refractivity (Wildman–Crippen MR) is 73.3 cm³/mol. The summed E-state index contributed by atoms with van der Waals surface area (Å²) in [7, 11) is 0. The molecule has 17 heavy (non-hydrogen) atoms. The molecule has 0 aromatic heterocycles. The Kier molecular flexibility index (Phi) is 3.95. The largest absolute Gasteiger partial charge is 0.356 e. The molecule has 0 spiro atoms. The summed E-state index contributed by atoms with van der Waals surface area (Å²) in [5, 5.41) is 6.86. The maximum Gasteiger partial charge on any atom is 0.191 e. The van der Waals surface area contributed by atoms with Gasteiger partial charge in [0.2, 0.25) is 0 Å². The van der Waals surface area contributed by atoms with Gasteiger partial charge in [-0.2, -0.15) is 0 Å². The average Bonchev–Trinajstić information content (AvgIpc) is 2.74.